The predicted octanol–water partition coefficient (Wildman–Crippen LogP) is -1.63. The first-order chi connectivity index (χ1) is 6.57. The monoisotopic (exact) mass is 349 g/mol. The third-order valence-electron chi connectivity index (χ3n) is 3.47. The average Bonchev–Trinajstić information content (AvgIpc) is 2.73. The van der Waals surface area contributed by atoms with Crippen molar-refractivity contribution < 1.29 is 51.0 Å². The van der Waals surface area contributed by atoms with Crippen LogP contribution in [0, 0.1) is 0 Å². The van der Waals surface area contributed by atoms with Crippen molar-refractivity contribution in [1.29, 1.82) is 0 Å². The number of rotatable bonds is 1. The van der Waals surface area contributed by atoms with Crippen molar-refractivity contribution in [3.63, 3.8) is 0 Å². The van der Waals surface area contributed by atoms with Gasteiger partial charge < -0.3 is 24.8 Å². The molecule has 1 saturated carbocycles. The van der Waals surface area contributed by atoms with Gasteiger partial charge in [0.15, 0.2) is 0 Å². The quantitative estimate of drug-likeness (QED) is 0.533. The van der Waals surface area contributed by atoms with E-state index < -0.39 is 0 Å². The molecule has 0 bridgehead atoms. The van der Waals surface area contributed by atoms with Gasteiger partial charge in [0.1, 0.15) is 0 Å². The molecular formula is C14H21Cl2Zr. The maximum absolute atomic E-state index is 2.43. The van der Waals surface area contributed by atoms with Crippen LogP contribution < -0.4 is 24.8 Å². The molecular weight excluding hydrogens is 330 g/mol. The zero-order valence-corrected chi connectivity index (χ0v) is 14.9. The smallest absolute Gasteiger partial charge is 1.00 e. The molecule has 1 aliphatic carbocycles. The summed E-state index contributed by atoms with van der Waals surface area (Å²) >= 11 is 0. The molecule has 0 spiro atoms. The molecule has 0 nitrogen and oxygen atoms in total. The Morgan fingerprint density at radius 3 is 2.06 bits per heavy atom. The Hall–Kier alpha value is 0.813. The Morgan fingerprint density at radius 2 is 1.65 bits per heavy atom. The van der Waals surface area contributed by atoms with Gasteiger partial charge in [0.2, 0.25) is 0 Å². The zero-order valence-electron chi connectivity index (χ0n) is 10.9. The van der Waals surface area contributed by atoms with Gasteiger partial charge >= 0.3 is 26.2 Å². The fraction of sp³-hybridized carbons (Fsp3) is 0.643. The maximum atomic E-state index is 2.43. The van der Waals surface area contributed by atoms with E-state index in [1.54, 1.807) is 5.56 Å². The molecule has 1 aromatic rings. The Balaban J connectivity index is 0. The van der Waals surface area contributed by atoms with Crippen LogP contribution in [0.4, 0.5) is 0 Å². The molecule has 0 heterocycles. The molecule has 3 heteroatoms. The predicted molar refractivity (Wildman–Crippen MR) is 61.9 cm³/mol. The minimum Gasteiger partial charge on any atom is -1.00 e. The van der Waals surface area contributed by atoms with E-state index in [0.717, 1.165) is 5.92 Å². The van der Waals surface area contributed by atoms with Crippen molar-refractivity contribution >= 4 is 0 Å². The van der Waals surface area contributed by atoms with Crippen LogP contribution in [0.15, 0.2) is 18.2 Å². The maximum Gasteiger partial charge on any atom is 3.00 e. The van der Waals surface area contributed by atoms with Gasteiger partial charge in [-0.25, -0.2) is 6.07 Å². The van der Waals surface area contributed by atoms with Crippen molar-refractivity contribution in [1.82, 2.24) is 0 Å². The average molecular weight is 351 g/mol. The summed E-state index contributed by atoms with van der Waals surface area (Å²) in [6.07, 6.45) is 5.68. The van der Waals surface area contributed by atoms with Crippen molar-refractivity contribution in [3.05, 3.63) is 29.3 Å². The summed E-state index contributed by atoms with van der Waals surface area (Å²) < 4.78 is 0. The Kier molecular flexibility index (Phi) is 9.57. The molecule has 0 saturated heterocycles. The van der Waals surface area contributed by atoms with E-state index in [1.807, 2.05) is 0 Å². The largest absolute Gasteiger partial charge is 3.00 e. The van der Waals surface area contributed by atoms with E-state index >= 15 is 0 Å². The Bertz CT molecular complexity index is 306. The third-order valence-corrected chi connectivity index (χ3v) is 3.47. The van der Waals surface area contributed by atoms with Crippen LogP contribution in [0.5, 0.6) is 0 Å². The molecule has 1 aliphatic rings. The molecule has 2 rings (SSSR count). The molecule has 0 unspecified atom stereocenters. The van der Waals surface area contributed by atoms with Gasteiger partial charge in [-0.05, 0) is 5.41 Å². The first-order valence-corrected chi connectivity index (χ1v) is 5.84. The van der Waals surface area contributed by atoms with Crippen LogP contribution in [0.25, 0.3) is 0 Å². The second kappa shape index (κ2) is 8.08. The standard InChI is InChI=1S/C14H21.2ClH.Zr/c1-14(2,3)13-9-8-12(10-13)11-6-4-5-7-11;;;/h8-11H,4-7H2,1-3H3;2*1H;/q-1;;;+3/p-2. The summed E-state index contributed by atoms with van der Waals surface area (Å²) in [6.45, 7) is 6.88. The van der Waals surface area contributed by atoms with Gasteiger partial charge in [-0.2, -0.15) is 23.3 Å². The van der Waals surface area contributed by atoms with Crippen molar-refractivity contribution in [2.75, 3.05) is 0 Å². The third kappa shape index (κ3) is 5.13. The van der Waals surface area contributed by atoms with Gasteiger partial charge in [-0.15, -0.1) is 0 Å². The second-order valence-electron chi connectivity index (χ2n) is 5.66. The van der Waals surface area contributed by atoms with E-state index in [0.29, 0.717) is 5.41 Å². The molecule has 0 aromatic heterocycles. The minimum absolute atomic E-state index is 0. The molecule has 0 aliphatic heterocycles. The summed E-state index contributed by atoms with van der Waals surface area (Å²) in [4.78, 5) is 0. The topological polar surface area (TPSA) is 0 Å². The Morgan fingerprint density at radius 1 is 1.12 bits per heavy atom. The van der Waals surface area contributed by atoms with Crippen molar-refractivity contribution in [3.8, 4) is 0 Å². The van der Waals surface area contributed by atoms with Gasteiger partial charge in [0.25, 0.3) is 0 Å². The number of halogens is 2. The minimum atomic E-state index is 0. The molecule has 0 amide bonds. The molecule has 95 valence electrons. The normalized spacial score (nSPS) is 15.7. The molecule has 1 radical (unpaired) electrons. The van der Waals surface area contributed by atoms with Crippen LogP contribution in [0.3, 0.4) is 0 Å². The van der Waals surface area contributed by atoms with Crippen LogP contribution >= 0.6 is 0 Å². The van der Waals surface area contributed by atoms with E-state index in [1.165, 1.54) is 31.2 Å². The van der Waals surface area contributed by atoms with Gasteiger partial charge in [-0.1, -0.05) is 52.4 Å². The van der Waals surface area contributed by atoms with E-state index in [4.69, 9.17) is 0 Å². The van der Waals surface area contributed by atoms with Crippen molar-refractivity contribution in [2.45, 2.75) is 57.8 Å². The first-order valence-electron chi connectivity index (χ1n) is 5.84. The number of hydrogen-bond acceptors (Lipinski definition) is 0. The van der Waals surface area contributed by atoms with Gasteiger partial charge in [-0.3, -0.25) is 0 Å². The van der Waals surface area contributed by atoms with Crippen LogP contribution in [0.2, 0.25) is 0 Å². The van der Waals surface area contributed by atoms with Crippen molar-refractivity contribution in [2.24, 2.45) is 0 Å². The summed E-state index contributed by atoms with van der Waals surface area (Å²) in [5.74, 6) is 0.867. The molecule has 17 heavy (non-hydrogen) atoms. The van der Waals surface area contributed by atoms with Crippen LogP contribution in [-0.2, 0) is 31.6 Å². The van der Waals surface area contributed by atoms with E-state index in [2.05, 4.69) is 39.0 Å². The zero-order chi connectivity index (χ0) is 10.2. The molecule has 0 N–H and O–H groups in total. The molecule has 0 atom stereocenters. The van der Waals surface area contributed by atoms with E-state index in [9.17, 15) is 0 Å². The summed E-state index contributed by atoms with van der Waals surface area (Å²) in [6, 6.07) is 7.08. The van der Waals surface area contributed by atoms with Gasteiger partial charge in [0.05, 0.1) is 0 Å². The number of hydrogen-bond donors (Lipinski definition) is 0. The van der Waals surface area contributed by atoms with Crippen LogP contribution in [0.1, 0.15) is 63.5 Å². The summed E-state index contributed by atoms with van der Waals surface area (Å²) in [7, 11) is 0. The SMILES string of the molecule is CC(C)(C)c1cc(C2CCCC2)c[cH-]1.[Cl-].[Cl-].[Zr+3]. The summed E-state index contributed by atoms with van der Waals surface area (Å²) in [5, 5.41) is 0. The fourth-order valence-electron chi connectivity index (χ4n) is 2.44. The molecule has 1 fully saturated rings. The summed E-state index contributed by atoms with van der Waals surface area (Å²) in [5.41, 5.74) is 3.41. The fourth-order valence-corrected chi connectivity index (χ4v) is 2.44. The first kappa shape index (κ1) is 20.1. The van der Waals surface area contributed by atoms with Crippen LogP contribution in [-0.4, -0.2) is 0 Å². The second-order valence-corrected chi connectivity index (χ2v) is 5.66. The van der Waals surface area contributed by atoms with E-state index in [-0.39, 0.29) is 51.0 Å². The Labute approximate surface area is 137 Å². The van der Waals surface area contributed by atoms with Gasteiger partial charge in [0, 0.05) is 0 Å². The molecule has 1 aromatic carbocycles.